The second kappa shape index (κ2) is 9.36. The van der Waals surface area contributed by atoms with Gasteiger partial charge in [-0.2, -0.15) is 0 Å². The summed E-state index contributed by atoms with van der Waals surface area (Å²) in [5.41, 5.74) is 0. The van der Waals surface area contributed by atoms with Gasteiger partial charge in [-0.1, -0.05) is 13.0 Å². The molecular formula is C12H24N2O2. The summed E-state index contributed by atoms with van der Waals surface area (Å²) in [6.07, 6.45) is 3.61. The standard InChI is InChI=1S/C12H24N2O2/c1-4-7-14-12(16)11(3)13-8-5-6-10(2)9-15/h4,10-11,13,15H,1,5-9H2,2-3H3,(H,14,16). The molecule has 0 saturated heterocycles. The van der Waals surface area contributed by atoms with Gasteiger partial charge in [-0.3, -0.25) is 4.79 Å². The Morgan fingerprint density at radius 1 is 1.50 bits per heavy atom. The minimum atomic E-state index is -0.176. The van der Waals surface area contributed by atoms with Crippen molar-refractivity contribution >= 4 is 5.91 Å². The lowest BCUT2D eigenvalue weighted by Crippen LogP contribution is -2.42. The molecule has 0 saturated carbocycles. The van der Waals surface area contributed by atoms with Crippen LogP contribution in [0.5, 0.6) is 0 Å². The fourth-order valence-electron chi connectivity index (χ4n) is 1.28. The second-order valence-corrected chi connectivity index (χ2v) is 4.14. The Kier molecular flexibility index (Phi) is 8.85. The molecule has 16 heavy (non-hydrogen) atoms. The van der Waals surface area contributed by atoms with Crippen molar-refractivity contribution in [3.8, 4) is 0 Å². The van der Waals surface area contributed by atoms with Crippen LogP contribution >= 0.6 is 0 Å². The van der Waals surface area contributed by atoms with Crippen LogP contribution in [0.1, 0.15) is 26.7 Å². The van der Waals surface area contributed by atoms with E-state index in [2.05, 4.69) is 17.2 Å². The fourth-order valence-corrected chi connectivity index (χ4v) is 1.28. The van der Waals surface area contributed by atoms with E-state index in [-0.39, 0.29) is 18.6 Å². The van der Waals surface area contributed by atoms with Gasteiger partial charge >= 0.3 is 0 Å². The number of hydrogen-bond donors (Lipinski definition) is 3. The van der Waals surface area contributed by atoms with Crippen LogP contribution < -0.4 is 10.6 Å². The third-order valence-corrected chi connectivity index (χ3v) is 2.45. The lowest BCUT2D eigenvalue weighted by atomic mass is 10.1. The van der Waals surface area contributed by atoms with Gasteiger partial charge in [0.25, 0.3) is 0 Å². The Hall–Kier alpha value is -0.870. The molecule has 0 aromatic carbocycles. The molecule has 0 aliphatic rings. The molecule has 94 valence electrons. The van der Waals surface area contributed by atoms with E-state index in [1.54, 1.807) is 6.08 Å². The van der Waals surface area contributed by atoms with Gasteiger partial charge in [0, 0.05) is 13.2 Å². The molecule has 4 nitrogen and oxygen atoms in total. The molecule has 0 aromatic rings. The van der Waals surface area contributed by atoms with Crippen LogP contribution in [0.3, 0.4) is 0 Å². The van der Waals surface area contributed by atoms with Crippen molar-refractivity contribution < 1.29 is 9.90 Å². The first-order valence-corrected chi connectivity index (χ1v) is 5.84. The first-order valence-electron chi connectivity index (χ1n) is 5.84. The SMILES string of the molecule is C=CCNC(=O)C(C)NCCCC(C)CO. The van der Waals surface area contributed by atoms with Gasteiger partial charge in [-0.25, -0.2) is 0 Å². The maximum Gasteiger partial charge on any atom is 0.237 e. The lowest BCUT2D eigenvalue weighted by Gasteiger charge is -2.14. The molecule has 0 fully saturated rings. The van der Waals surface area contributed by atoms with Gasteiger partial charge in [0.1, 0.15) is 0 Å². The van der Waals surface area contributed by atoms with Crippen molar-refractivity contribution in [2.75, 3.05) is 19.7 Å². The summed E-state index contributed by atoms with van der Waals surface area (Å²) in [5, 5.41) is 14.7. The molecule has 3 N–H and O–H groups in total. The molecule has 0 aliphatic carbocycles. The third kappa shape index (κ3) is 7.43. The summed E-state index contributed by atoms with van der Waals surface area (Å²) < 4.78 is 0. The number of carbonyl (C=O) groups excluding carboxylic acids is 1. The van der Waals surface area contributed by atoms with Gasteiger partial charge in [0.2, 0.25) is 5.91 Å². The summed E-state index contributed by atoms with van der Waals surface area (Å²) in [7, 11) is 0. The molecule has 0 aliphatic heterocycles. The Morgan fingerprint density at radius 2 is 2.19 bits per heavy atom. The Balaban J connectivity index is 3.52. The molecular weight excluding hydrogens is 204 g/mol. The van der Waals surface area contributed by atoms with E-state index in [0.29, 0.717) is 12.5 Å². The molecule has 0 spiro atoms. The number of amides is 1. The summed E-state index contributed by atoms with van der Waals surface area (Å²) in [4.78, 5) is 11.4. The third-order valence-electron chi connectivity index (χ3n) is 2.45. The highest BCUT2D eigenvalue weighted by molar-refractivity contribution is 5.81. The Bertz CT molecular complexity index is 207. The van der Waals surface area contributed by atoms with Crippen LogP contribution in [0, 0.1) is 5.92 Å². The summed E-state index contributed by atoms with van der Waals surface area (Å²) in [6.45, 7) is 8.93. The van der Waals surface area contributed by atoms with Crippen molar-refractivity contribution in [1.82, 2.24) is 10.6 Å². The molecule has 4 heteroatoms. The highest BCUT2D eigenvalue weighted by Gasteiger charge is 2.10. The van der Waals surface area contributed by atoms with Crippen LogP contribution in [0.4, 0.5) is 0 Å². The van der Waals surface area contributed by atoms with E-state index in [4.69, 9.17) is 5.11 Å². The van der Waals surface area contributed by atoms with Gasteiger partial charge in [0.15, 0.2) is 0 Å². The summed E-state index contributed by atoms with van der Waals surface area (Å²) >= 11 is 0. The maximum absolute atomic E-state index is 11.4. The van der Waals surface area contributed by atoms with Crippen LogP contribution in [0.25, 0.3) is 0 Å². The van der Waals surface area contributed by atoms with Crippen molar-refractivity contribution in [2.24, 2.45) is 5.92 Å². The fraction of sp³-hybridized carbons (Fsp3) is 0.750. The largest absolute Gasteiger partial charge is 0.396 e. The van der Waals surface area contributed by atoms with Crippen LogP contribution in [-0.4, -0.2) is 36.8 Å². The van der Waals surface area contributed by atoms with Gasteiger partial charge in [-0.05, 0) is 32.2 Å². The van der Waals surface area contributed by atoms with E-state index in [1.807, 2.05) is 13.8 Å². The van der Waals surface area contributed by atoms with E-state index in [1.165, 1.54) is 0 Å². The number of aliphatic hydroxyl groups excluding tert-OH is 1. The molecule has 0 rings (SSSR count). The first kappa shape index (κ1) is 15.1. The molecule has 2 unspecified atom stereocenters. The van der Waals surface area contributed by atoms with Gasteiger partial charge in [-0.15, -0.1) is 6.58 Å². The van der Waals surface area contributed by atoms with E-state index < -0.39 is 0 Å². The Labute approximate surface area is 98.1 Å². The second-order valence-electron chi connectivity index (χ2n) is 4.14. The monoisotopic (exact) mass is 228 g/mol. The average Bonchev–Trinajstić information content (AvgIpc) is 2.30. The highest BCUT2D eigenvalue weighted by atomic mass is 16.3. The first-order chi connectivity index (χ1) is 7.61. The Morgan fingerprint density at radius 3 is 2.75 bits per heavy atom. The highest BCUT2D eigenvalue weighted by Crippen LogP contribution is 2.02. The van der Waals surface area contributed by atoms with Crippen molar-refractivity contribution in [1.29, 1.82) is 0 Å². The normalized spacial score (nSPS) is 14.2. The van der Waals surface area contributed by atoms with Crippen LogP contribution in [0.2, 0.25) is 0 Å². The number of nitrogens with one attached hydrogen (secondary N) is 2. The maximum atomic E-state index is 11.4. The van der Waals surface area contributed by atoms with Gasteiger partial charge < -0.3 is 15.7 Å². The molecule has 1 amide bonds. The zero-order valence-corrected chi connectivity index (χ0v) is 10.3. The minimum absolute atomic E-state index is 0.00453. The number of hydrogen-bond acceptors (Lipinski definition) is 3. The van der Waals surface area contributed by atoms with Crippen LogP contribution in [-0.2, 0) is 4.79 Å². The summed E-state index contributed by atoms with van der Waals surface area (Å²) in [6, 6.07) is -0.176. The van der Waals surface area contributed by atoms with E-state index in [9.17, 15) is 4.79 Å². The van der Waals surface area contributed by atoms with Crippen molar-refractivity contribution in [3.63, 3.8) is 0 Å². The zero-order chi connectivity index (χ0) is 12.4. The molecule has 0 bridgehead atoms. The molecule has 0 radical (unpaired) electrons. The topological polar surface area (TPSA) is 61.4 Å². The zero-order valence-electron chi connectivity index (χ0n) is 10.3. The molecule has 0 heterocycles. The number of carbonyl (C=O) groups is 1. The lowest BCUT2D eigenvalue weighted by molar-refractivity contribution is -0.122. The molecule has 0 aromatic heterocycles. The van der Waals surface area contributed by atoms with Crippen LogP contribution in [0.15, 0.2) is 12.7 Å². The van der Waals surface area contributed by atoms with Crippen molar-refractivity contribution in [3.05, 3.63) is 12.7 Å². The minimum Gasteiger partial charge on any atom is -0.396 e. The van der Waals surface area contributed by atoms with E-state index >= 15 is 0 Å². The summed E-state index contributed by atoms with van der Waals surface area (Å²) in [5.74, 6) is 0.335. The molecule has 2 atom stereocenters. The predicted octanol–water partition coefficient (Wildman–Crippen LogP) is 0.675. The smallest absolute Gasteiger partial charge is 0.237 e. The van der Waals surface area contributed by atoms with Crippen molar-refractivity contribution in [2.45, 2.75) is 32.7 Å². The number of aliphatic hydroxyl groups is 1. The van der Waals surface area contributed by atoms with Gasteiger partial charge in [0.05, 0.1) is 6.04 Å². The average molecular weight is 228 g/mol. The quantitative estimate of drug-likeness (QED) is 0.401. The predicted molar refractivity (Wildman–Crippen MR) is 66.2 cm³/mol. The van der Waals surface area contributed by atoms with E-state index in [0.717, 1.165) is 19.4 Å². The number of rotatable bonds is 9.